The van der Waals surface area contributed by atoms with Crippen LogP contribution in [0.25, 0.3) is 0 Å². The first-order chi connectivity index (χ1) is 10.1. The fraction of sp³-hybridized carbons (Fsp3) is 0.154. The molecule has 1 heterocycles. The minimum atomic E-state index is -5.18. The van der Waals surface area contributed by atoms with Crippen molar-refractivity contribution >= 4 is 34.9 Å². The number of nitrogens with zero attached hydrogens (tertiary/aromatic N) is 2. The Bertz CT molecular complexity index is 708. The highest BCUT2D eigenvalue weighted by Gasteiger charge is 2.46. The molecule has 0 spiro atoms. The second-order valence-corrected chi connectivity index (χ2v) is 4.77. The summed E-state index contributed by atoms with van der Waals surface area (Å²) in [7, 11) is 0. The molecule has 1 amide bonds. The summed E-state index contributed by atoms with van der Waals surface area (Å²) in [5.41, 5.74) is -3.06. The van der Waals surface area contributed by atoms with Crippen LogP contribution >= 0.6 is 11.6 Å². The number of carbonyl (C=O) groups is 2. The predicted molar refractivity (Wildman–Crippen MR) is 72.8 cm³/mol. The van der Waals surface area contributed by atoms with Crippen LogP contribution in [0.1, 0.15) is 6.92 Å². The summed E-state index contributed by atoms with van der Waals surface area (Å²) >= 11 is 5.69. The maximum absolute atomic E-state index is 12.9. The molecule has 1 aromatic carbocycles. The van der Waals surface area contributed by atoms with Gasteiger partial charge < -0.3 is 5.11 Å². The van der Waals surface area contributed by atoms with E-state index in [0.717, 1.165) is 6.92 Å². The Morgan fingerprint density at radius 1 is 1.27 bits per heavy atom. The van der Waals surface area contributed by atoms with Gasteiger partial charge in [-0.2, -0.15) is 23.3 Å². The lowest BCUT2D eigenvalue weighted by atomic mass is 10.0. The molecule has 9 heteroatoms. The minimum Gasteiger partial charge on any atom is -0.478 e. The first-order valence-corrected chi connectivity index (χ1v) is 6.21. The van der Waals surface area contributed by atoms with Crippen LogP contribution in [-0.2, 0) is 9.59 Å². The fourth-order valence-electron chi connectivity index (χ4n) is 1.92. The van der Waals surface area contributed by atoms with Crippen LogP contribution in [0.5, 0.6) is 0 Å². The smallest absolute Gasteiger partial charge is 0.424 e. The van der Waals surface area contributed by atoms with Crippen LogP contribution in [0.4, 0.5) is 18.9 Å². The molecule has 1 N–H and O–H groups in total. The third-order valence-corrected chi connectivity index (χ3v) is 3.09. The van der Waals surface area contributed by atoms with Crippen molar-refractivity contribution in [3.8, 4) is 0 Å². The van der Waals surface area contributed by atoms with Crippen molar-refractivity contribution in [2.75, 3.05) is 5.01 Å². The quantitative estimate of drug-likeness (QED) is 0.846. The molecule has 1 aliphatic rings. The Labute approximate surface area is 127 Å². The van der Waals surface area contributed by atoms with Gasteiger partial charge in [-0.25, -0.2) is 4.79 Å². The SMILES string of the molecule is CC1=NN(c2ccc(Cl)cc2)C(=O)C1=C(C(=O)O)C(F)(F)F. The normalized spacial score (nSPS) is 17.6. The van der Waals surface area contributed by atoms with Crippen LogP contribution in [-0.4, -0.2) is 28.9 Å². The van der Waals surface area contributed by atoms with Gasteiger partial charge in [-0.1, -0.05) is 11.6 Å². The molecule has 22 heavy (non-hydrogen) atoms. The summed E-state index contributed by atoms with van der Waals surface area (Å²) in [5.74, 6) is -3.39. The highest BCUT2D eigenvalue weighted by Crippen LogP contribution is 2.33. The second-order valence-electron chi connectivity index (χ2n) is 4.33. The topological polar surface area (TPSA) is 70.0 Å². The molecular weight excluding hydrogens is 325 g/mol. The number of carboxylic acids is 1. The van der Waals surface area contributed by atoms with E-state index in [1.165, 1.54) is 24.3 Å². The van der Waals surface area contributed by atoms with E-state index in [4.69, 9.17) is 16.7 Å². The summed E-state index contributed by atoms with van der Waals surface area (Å²) in [4.78, 5) is 23.0. The maximum Gasteiger partial charge on any atom is 0.424 e. The van der Waals surface area contributed by atoms with Gasteiger partial charge in [-0.05, 0) is 31.2 Å². The van der Waals surface area contributed by atoms with Crippen LogP contribution in [0, 0.1) is 0 Å². The van der Waals surface area contributed by atoms with Gasteiger partial charge in [0.15, 0.2) is 5.57 Å². The molecule has 5 nitrogen and oxygen atoms in total. The maximum atomic E-state index is 12.9. The zero-order valence-corrected chi connectivity index (χ0v) is 11.7. The number of alkyl halides is 3. The molecule has 0 atom stereocenters. The molecule has 116 valence electrons. The summed E-state index contributed by atoms with van der Waals surface area (Å²) in [6.07, 6.45) is -5.18. The Balaban J connectivity index is 2.55. The van der Waals surface area contributed by atoms with Gasteiger partial charge in [0.2, 0.25) is 0 Å². The van der Waals surface area contributed by atoms with Crippen molar-refractivity contribution in [3.05, 3.63) is 40.4 Å². The van der Waals surface area contributed by atoms with E-state index in [1.54, 1.807) is 0 Å². The number of carbonyl (C=O) groups excluding carboxylic acids is 1. The molecule has 0 aromatic heterocycles. The Hall–Kier alpha value is -2.35. The van der Waals surface area contributed by atoms with Crippen molar-refractivity contribution in [1.29, 1.82) is 0 Å². The zero-order chi connectivity index (χ0) is 16.7. The third kappa shape index (κ3) is 2.82. The molecule has 0 fully saturated rings. The summed E-state index contributed by atoms with van der Waals surface area (Å²) in [6, 6.07) is 5.62. The highest BCUT2D eigenvalue weighted by molar-refractivity contribution is 6.33. The van der Waals surface area contributed by atoms with E-state index in [9.17, 15) is 22.8 Å². The Kier molecular flexibility index (Phi) is 3.97. The lowest BCUT2D eigenvalue weighted by molar-refractivity contribution is -0.145. The van der Waals surface area contributed by atoms with Crippen LogP contribution < -0.4 is 5.01 Å². The molecule has 0 unspecified atom stereocenters. The van der Waals surface area contributed by atoms with Gasteiger partial charge in [-0.15, -0.1) is 0 Å². The first-order valence-electron chi connectivity index (χ1n) is 5.83. The fourth-order valence-corrected chi connectivity index (χ4v) is 2.05. The number of hydrogen-bond acceptors (Lipinski definition) is 3. The van der Waals surface area contributed by atoms with E-state index in [-0.39, 0.29) is 11.4 Å². The monoisotopic (exact) mass is 332 g/mol. The molecule has 0 aliphatic carbocycles. The molecule has 0 saturated heterocycles. The number of anilines is 1. The average molecular weight is 333 g/mol. The van der Waals surface area contributed by atoms with E-state index in [2.05, 4.69) is 5.10 Å². The number of halogens is 4. The Morgan fingerprint density at radius 3 is 2.27 bits per heavy atom. The van der Waals surface area contributed by atoms with Gasteiger partial charge in [0.05, 0.1) is 17.0 Å². The van der Waals surface area contributed by atoms with E-state index in [1.807, 2.05) is 0 Å². The molecule has 0 saturated carbocycles. The van der Waals surface area contributed by atoms with Gasteiger partial charge in [0.1, 0.15) is 0 Å². The molecule has 0 radical (unpaired) electrons. The number of hydrogen-bond donors (Lipinski definition) is 1. The zero-order valence-electron chi connectivity index (χ0n) is 11.0. The first kappa shape index (κ1) is 16.0. The van der Waals surface area contributed by atoms with E-state index < -0.39 is 29.2 Å². The van der Waals surface area contributed by atoms with Crippen LogP contribution in [0.15, 0.2) is 40.5 Å². The van der Waals surface area contributed by atoms with Crippen molar-refractivity contribution in [3.63, 3.8) is 0 Å². The molecular formula is C13H8ClF3N2O3. The van der Waals surface area contributed by atoms with Crippen LogP contribution in [0.2, 0.25) is 5.02 Å². The van der Waals surface area contributed by atoms with Crippen molar-refractivity contribution in [1.82, 2.24) is 0 Å². The molecule has 1 aliphatic heterocycles. The van der Waals surface area contributed by atoms with Gasteiger partial charge >= 0.3 is 12.1 Å². The second kappa shape index (κ2) is 5.45. The average Bonchev–Trinajstić information content (AvgIpc) is 2.66. The van der Waals surface area contributed by atoms with Crippen molar-refractivity contribution < 1.29 is 27.9 Å². The standard InChI is InChI=1S/C13H8ClF3N2O3/c1-6-9(10(12(21)22)13(15,16)17)11(20)19(18-6)8-4-2-7(14)3-5-8/h2-5H,1H3,(H,21,22). The molecule has 0 bridgehead atoms. The number of hydrazone groups is 1. The van der Waals surface area contributed by atoms with Gasteiger partial charge in [0.25, 0.3) is 5.91 Å². The molecule has 1 aromatic rings. The molecule has 2 rings (SSSR count). The number of benzene rings is 1. The minimum absolute atomic E-state index is 0.177. The number of amides is 1. The highest BCUT2D eigenvalue weighted by atomic mass is 35.5. The lowest BCUT2D eigenvalue weighted by Crippen LogP contribution is -2.29. The van der Waals surface area contributed by atoms with E-state index >= 15 is 0 Å². The predicted octanol–water partition coefficient (Wildman–Crippen LogP) is 3.01. The van der Waals surface area contributed by atoms with Gasteiger partial charge in [-0.3, -0.25) is 4.79 Å². The van der Waals surface area contributed by atoms with Crippen molar-refractivity contribution in [2.45, 2.75) is 13.1 Å². The summed E-state index contributed by atoms with van der Waals surface area (Å²) in [6.45, 7) is 1.14. The third-order valence-electron chi connectivity index (χ3n) is 2.84. The van der Waals surface area contributed by atoms with E-state index in [0.29, 0.717) is 10.0 Å². The largest absolute Gasteiger partial charge is 0.478 e. The number of rotatable bonds is 2. The Morgan fingerprint density at radius 2 is 1.82 bits per heavy atom. The van der Waals surface area contributed by atoms with Gasteiger partial charge in [0, 0.05) is 5.02 Å². The number of aliphatic carboxylic acids is 1. The summed E-state index contributed by atoms with van der Waals surface area (Å²) < 4.78 is 38.6. The van der Waals surface area contributed by atoms with Crippen LogP contribution in [0.3, 0.4) is 0 Å². The number of carboxylic acid groups (broad SMARTS) is 1. The lowest BCUT2D eigenvalue weighted by Gasteiger charge is -2.13. The van der Waals surface area contributed by atoms with Crippen molar-refractivity contribution in [2.24, 2.45) is 5.10 Å². The summed E-state index contributed by atoms with van der Waals surface area (Å²) in [5, 5.41) is 13.6.